The lowest BCUT2D eigenvalue weighted by atomic mass is 10.2. The number of hydrogen-bond donors (Lipinski definition) is 3. The Morgan fingerprint density at radius 2 is 2.13 bits per heavy atom. The fraction of sp³-hybridized carbons (Fsp3) is 0.375. The number of pyridine rings is 1. The third-order valence-corrected chi connectivity index (χ3v) is 7.39. The van der Waals surface area contributed by atoms with Crippen LogP contribution < -0.4 is 16.3 Å². The lowest BCUT2D eigenvalue weighted by Crippen LogP contribution is -2.33. The standard InChI is InChI=1S/C24H25F2N7O4S/c1-32-16-10-27-19(9-15(16)33(24(32)36)14-4-3-12(7-14)29-23(35)37-2)30-20-8-13(11-34)28-22(31-20)18-6-5-17(38-18)21(25)26/h5-6,8-10,12,14,21,34H,3-4,7,11H2,1-2H3,(H,29,35)(H,27,28,30,31)/t12-,14-/m1/s1/i1D3. The Hall–Kier alpha value is -3.91. The van der Waals surface area contributed by atoms with Crippen molar-refractivity contribution in [1.82, 2.24) is 29.4 Å². The van der Waals surface area contributed by atoms with Crippen molar-refractivity contribution in [2.24, 2.45) is 6.98 Å². The van der Waals surface area contributed by atoms with E-state index in [-0.39, 0.29) is 39.6 Å². The average Bonchev–Trinajstić information content (AvgIpc) is 3.65. The van der Waals surface area contributed by atoms with E-state index in [4.69, 9.17) is 4.11 Å². The van der Waals surface area contributed by atoms with E-state index in [9.17, 15) is 23.5 Å². The highest BCUT2D eigenvalue weighted by Crippen LogP contribution is 2.34. The van der Waals surface area contributed by atoms with Crippen LogP contribution in [0.1, 0.15) is 46.4 Å². The maximum Gasteiger partial charge on any atom is 0.407 e. The van der Waals surface area contributed by atoms with Crippen LogP contribution >= 0.6 is 11.3 Å². The molecule has 0 bridgehead atoms. The number of alkyl halides is 2. The highest BCUT2D eigenvalue weighted by molar-refractivity contribution is 7.15. The molecule has 14 heteroatoms. The number of carbonyl (C=O) groups excluding carboxylic acids is 1. The van der Waals surface area contributed by atoms with Crippen molar-refractivity contribution in [2.45, 2.75) is 44.4 Å². The molecule has 0 saturated heterocycles. The average molecular weight is 549 g/mol. The number of imidazole rings is 1. The lowest BCUT2D eigenvalue weighted by molar-refractivity contribution is 0.155. The summed E-state index contributed by atoms with van der Waals surface area (Å²) in [6.45, 7) is -3.21. The van der Waals surface area contributed by atoms with Gasteiger partial charge >= 0.3 is 11.8 Å². The highest BCUT2D eigenvalue weighted by Gasteiger charge is 2.30. The minimum atomic E-state index is -2.77. The largest absolute Gasteiger partial charge is 0.453 e. The van der Waals surface area contributed by atoms with Gasteiger partial charge in [-0.3, -0.25) is 9.13 Å². The number of ether oxygens (including phenoxy) is 1. The zero-order valence-electron chi connectivity index (χ0n) is 23.0. The van der Waals surface area contributed by atoms with Gasteiger partial charge in [0.05, 0.1) is 46.4 Å². The Labute approximate surface area is 223 Å². The number of fused-ring (bicyclic) bond motifs is 1. The van der Waals surface area contributed by atoms with E-state index in [1.807, 2.05) is 0 Å². The van der Waals surface area contributed by atoms with Crippen LogP contribution in [-0.2, 0) is 18.3 Å². The molecule has 4 heterocycles. The van der Waals surface area contributed by atoms with Gasteiger partial charge in [0.1, 0.15) is 11.6 Å². The van der Waals surface area contributed by atoms with E-state index in [0.29, 0.717) is 34.2 Å². The summed E-state index contributed by atoms with van der Waals surface area (Å²) >= 11 is 0.830. The van der Waals surface area contributed by atoms with Crippen LogP contribution in [0.25, 0.3) is 21.7 Å². The summed E-state index contributed by atoms with van der Waals surface area (Å²) in [7, 11) is 1.25. The van der Waals surface area contributed by atoms with Crippen LogP contribution in [0.5, 0.6) is 0 Å². The molecule has 4 aromatic rings. The Morgan fingerprint density at radius 1 is 1.29 bits per heavy atom. The lowest BCUT2D eigenvalue weighted by Gasteiger charge is -2.14. The van der Waals surface area contributed by atoms with Gasteiger partial charge in [-0.05, 0) is 31.4 Å². The summed E-state index contributed by atoms with van der Waals surface area (Å²) in [6.07, 6.45) is -0.512. The summed E-state index contributed by atoms with van der Waals surface area (Å²) in [6, 6.07) is 5.06. The number of anilines is 2. The molecule has 11 nitrogen and oxygen atoms in total. The Kier molecular flexibility index (Phi) is 6.08. The molecule has 0 radical (unpaired) electrons. The number of carbonyl (C=O) groups is 1. The maximum absolute atomic E-state index is 13.4. The molecule has 1 fully saturated rings. The van der Waals surface area contributed by atoms with Crippen molar-refractivity contribution in [3.63, 3.8) is 0 Å². The molecule has 2 atom stereocenters. The number of nitrogens with one attached hydrogen (secondary N) is 2. The number of methoxy groups -OCH3 is 1. The zero-order valence-corrected chi connectivity index (χ0v) is 20.8. The van der Waals surface area contributed by atoms with E-state index in [1.165, 1.54) is 42.1 Å². The van der Waals surface area contributed by atoms with Crippen LogP contribution in [-0.4, -0.2) is 48.4 Å². The van der Waals surface area contributed by atoms with Gasteiger partial charge in [0, 0.05) is 35.3 Å². The van der Waals surface area contributed by atoms with Gasteiger partial charge in [0.2, 0.25) is 0 Å². The number of aryl methyl sites for hydroxylation is 1. The summed E-state index contributed by atoms with van der Waals surface area (Å²) in [5, 5.41) is 15.4. The smallest absolute Gasteiger partial charge is 0.407 e. The van der Waals surface area contributed by atoms with Gasteiger partial charge in [0.25, 0.3) is 6.43 Å². The molecule has 1 amide bonds. The Morgan fingerprint density at radius 3 is 2.84 bits per heavy atom. The van der Waals surface area contributed by atoms with Crippen LogP contribution in [0.15, 0.2) is 35.3 Å². The van der Waals surface area contributed by atoms with E-state index >= 15 is 0 Å². The minimum Gasteiger partial charge on any atom is -0.453 e. The molecule has 1 aliphatic rings. The van der Waals surface area contributed by atoms with Crippen molar-refractivity contribution >= 4 is 40.1 Å². The second kappa shape index (κ2) is 10.5. The number of amides is 1. The zero-order chi connectivity index (χ0) is 29.5. The summed E-state index contributed by atoms with van der Waals surface area (Å²) in [5.74, 6) is 0.534. The van der Waals surface area contributed by atoms with Crippen LogP contribution in [0, 0.1) is 0 Å². The number of aliphatic hydroxyl groups is 1. The molecular formula is C24H25F2N7O4S. The summed E-state index contributed by atoms with van der Waals surface area (Å²) in [5.41, 5.74) is -0.0977. The van der Waals surface area contributed by atoms with Crippen molar-refractivity contribution < 1.29 is 27.5 Å². The molecule has 5 rings (SSSR count). The normalized spacial score (nSPS) is 18.8. The predicted molar refractivity (Wildman–Crippen MR) is 137 cm³/mol. The van der Waals surface area contributed by atoms with E-state index in [1.54, 1.807) is 0 Å². The molecule has 4 aromatic heterocycles. The molecule has 1 aliphatic carbocycles. The number of hydrogen-bond acceptors (Lipinski definition) is 9. The SMILES string of the molecule is [2H]C([2H])([2H])n1c(=O)n([C@@H]2CC[C@@H](NC(=O)OC)C2)c2cc(Nc3cc(CO)nc(-c4ccc(C(F)F)s4)n3)ncc21. The van der Waals surface area contributed by atoms with Gasteiger partial charge in [-0.25, -0.2) is 33.3 Å². The topological polar surface area (TPSA) is 136 Å². The summed E-state index contributed by atoms with van der Waals surface area (Å²) < 4.78 is 56.8. The molecule has 3 N–H and O–H groups in total. The molecule has 0 unspecified atom stereocenters. The first-order valence-corrected chi connectivity index (χ1v) is 12.4. The van der Waals surface area contributed by atoms with Crippen LogP contribution in [0.3, 0.4) is 0 Å². The Bertz CT molecular complexity index is 1660. The van der Waals surface area contributed by atoms with Crippen molar-refractivity contribution in [1.29, 1.82) is 0 Å². The molecule has 0 aliphatic heterocycles. The van der Waals surface area contributed by atoms with Gasteiger partial charge in [-0.1, -0.05) is 0 Å². The third-order valence-electron chi connectivity index (χ3n) is 6.30. The third kappa shape index (κ3) is 4.96. The molecule has 1 saturated carbocycles. The fourth-order valence-electron chi connectivity index (χ4n) is 4.56. The number of thiophene rings is 1. The first kappa shape index (κ1) is 22.1. The van der Waals surface area contributed by atoms with Gasteiger partial charge in [-0.15, -0.1) is 11.3 Å². The number of halogens is 2. The van der Waals surface area contributed by atoms with Crippen LogP contribution in [0.2, 0.25) is 0 Å². The molecule has 0 aromatic carbocycles. The number of alkyl carbamates (subject to hydrolysis) is 1. The Balaban J connectivity index is 1.53. The predicted octanol–water partition coefficient (Wildman–Crippen LogP) is 3.88. The van der Waals surface area contributed by atoms with E-state index in [2.05, 4.69) is 30.3 Å². The summed E-state index contributed by atoms with van der Waals surface area (Å²) in [4.78, 5) is 38.2. The number of rotatable bonds is 7. The van der Waals surface area contributed by atoms with Crippen molar-refractivity contribution in [3.8, 4) is 10.7 Å². The number of nitrogens with zero attached hydrogens (tertiary/aromatic N) is 5. The second-order valence-corrected chi connectivity index (χ2v) is 9.82. The van der Waals surface area contributed by atoms with E-state index in [0.717, 1.165) is 11.3 Å². The monoisotopic (exact) mass is 548 g/mol. The first-order chi connectivity index (χ1) is 19.5. The molecule has 200 valence electrons. The minimum absolute atomic E-state index is 0.0995. The van der Waals surface area contributed by atoms with Gasteiger partial charge in [0.15, 0.2) is 5.82 Å². The molecule has 38 heavy (non-hydrogen) atoms. The van der Waals surface area contributed by atoms with Crippen molar-refractivity contribution in [3.05, 3.63) is 51.5 Å². The fourth-order valence-corrected chi connectivity index (χ4v) is 5.36. The van der Waals surface area contributed by atoms with Crippen molar-refractivity contribution in [2.75, 3.05) is 12.4 Å². The van der Waals surface area contributed by atoms with E-state index < -0.39 is 37.8 Å². The van der Waals surface area contributed by atoms with Gasteiger partial charge in [-0.2, -0.15) is 0 Å². The first-order valence-electron chi connectivity index (χ1n) is 13.1. The second-order valence-electron chi connectivity index (χ2n) is 8.70. The number of aliphatic hydroxyl groups excluding tert-OH is 1. The highest BCUT2D eigenvalue weighted by atomic mass is 32.1. The maximum atomic E-state index is 13.4. The van der Waals surface area contributed by atoms with Gasteiger partial charge < -0.3 is 20.5 Å². The molecular weight excluding hydrogens is 520 g/mol. The molecule has 0 spiro atoms. The quantitative estimate of drug-likeness (QED) is 0.317. The van der Waals surface area contributed by atoms with Crippen LogP contribution in [0.4, 0.5) is 25.2 Å². The number of aromatic nitrogens is 5.